The summed E-state index contributed by atoms with van der Waals surface area (Å²) in [5.41, 5.74) is 1.73. The summed E-state index contributed by atoms with van der Waals surface area (Å²) in [4.78, 5) is 14.5. The molecule has 1 aliphatic carbocycles. The molecule has 0 bridgehead atoms. The zero-order chi connectivity index (χ0) is 14.8. The first-order chi connectivity index (χ1) is 10.1. The van der Waals surface area contributed by atoms with Gasteiger partial charge in [0.1, 0.15) is 5.82 Å². The van der Waals surface area contributed by atoms with Gasteiger partial charge in [-0.1, -0.05) is 24.1 Å². The Balaban J connectivity index is 1.79. The summed E-state index contributed by atoms with van der Waals surface area (Å²) in [5.74, 6) is -0.414. The highest BCUT2D eigenvalue weighted by Crippen LogP contribution is 2.30. The molecule has 2 aromatic rings. The van der Waals surface area contributed by atoms with Crippen molar-refractivity contribution in [1.29, 1.82) is 0 Å². The van der Waals surface area contributed by atoms with Gasteiger partial charge in [0.05, 0.1) is 4.88 Å². The number of Topliss-reactive ketones (excluding diaryl/α,β-unsaturated/α-hetero) is 1. The molecule has 0 amide bonds. The largest absolute Gasteiger partial charge is 0.293 e. The maximum Gasteiger partial charge on any atom is 0.177 e. The maximum atomic E-state index is 13.8. The molecule has 0 fully saturated rings. The summed E-state index contributed by atoms with van der Waals surface area (Å²) in [6.07, 6.45) is 5.90. The summed E-state index contributed by atoms with van der Waals surface area (Å²) in [7, 11) is 0. The lowest BCUT2D eigenvalue weighted by Crippen LogP contribution is -2.03. The van der Waals surface area contributed by atoms with Crippen molar-refractivity contribution in [3.63, 3.8) is 0 Å². The van der Waals surface area contributed by atoms with E-state index in [9.17, 15) is 9.18 Å². The molecule has 0 spiro atoms. The number of fused-ring (bicyclic) bond motifs is 1. The molecule has 1 heterocycles. The van der Waals surface area contributed by atoms with Gasteiger partial charge in [0.25, 0.3) is 0 Å². The van der Waals surface area contributed by atoms with Gasteiger partial charge in [0.15, 0.2) is 5.78 Å². The van der Waals surface area contributed by atoms with Crippen LogP contribution in [0, 0.1) is 5.82 Å². The average Bonchev–Trinajstić information content (AvgIpc) is 2.73. The lowest BCUT2D eigenvalue weighted by molar-refractivity contribution is 0.0995. The standard InChI is InChI=1S/C17H16ClFOS/c18-13-7-6-11(14(19)10-13)8-15(20)17-9-12-4-2-1-3-5-16(12)21-17/h6-7,9-10H,1-5,8H2. The number of rotatable bonds is 3. The quantitative estimate of drug-likeness (QED) is 0.558. The van der Waals surface area contributed by atoms with Gasteiger partial charge in [-0.2, -0.15) is 0 Å². The SMILES string of the molecule is O=C(Cc1ccc(Cl)cc1F)c1cc2c(s1)CCCCC2. The predicted molar refractivity (Wildman–Crippen MR) is 85.0 cm³/mol. The lowest BCUT2D eigenvalue weighted by atomic mass is 10.1. The fourth-order valence-electron chi connectivity index (χ4n) is 2.73. The zero-order valence-electron chi connectivity index (χ0n) is 11.6. The first-order valence-corrected chi connectivity index (χ1v) is 8.41. The summed E-state index contributed by atoms with van der Waals surface area (Å²) in [6, 6.07) is 6.49. The van der Waals surface area contributed by atoms with Crippen molar-refractivity contribution in [2.75, 3.05) is 0 Å². The van der Waals surface area contributed by atoms with Gasteiger partial charge in [-0.15, -0.1) is 11.3 Å². The monoisotopic (exact) mass is 322 g/mol. The number of carbonyl (C=O) groups excluding carboxylic acids is 1. The van der Waals surface area contributed by atoms with Gasteiger partial charge >= 0.3 is 0 Å². The van der Waals surface area contributed by atoms with Gasteiger partial charge in [-0.3, -0.25) is 4.79 Å². The molecule has 1 aromatic carbocycles. The Bertz CT molecular complexity index is 654. The van der Waals surface area contributed by atoms with Crippen LogP contribution in [-0.4, -0.2) is 5.78 Å². The molecule has 0 aliphatic heterocycles. The van der Waals surface area contributed by atoms with Crippen LogP contribution >= 0.6 is 22.9 Å². The van der Waals surface area contributed by atoms with E-state index in [1.54, 1.807) is 23.5 Å². The molecule has 110 valence electrons. The third-order valence-corrected chi connectivity index (χ3v) is 5.40. The highest BCUT2D eigenvalue weighted by molar-refractivity contribution is 7.14. The number of hydrogen-bond donors (Lipinski definition) is 0. The van der Waals surface area contributed by atoms with Crippen molar-refractivity contribution in [3.8, 4) is 0 Å². The van der Waals surface area contributed by atoms with E-state index in [0.717, 1.165) is 17.7 Å². The Labute approximate surface area is 132 Å². The molecule has 0 saturated carbocycles. The maximum absolute atomic E-state index is 13.8. The van der Waals surface area contributed by atoms with E-state index in [1.165, 1.54) is 35.8 Å². The van der Waals surface area contributed by atoms with E-state index in [2.05, 4.69) is 0 Å². The minimum absolute atomic E-state index is 0.00528. The van der Waals surface area contributed by atoms with Crippen molar-refractivity contribution < 1.29 is 9.18 Å². The molecule has 1 nitrogen and oxygen atoms in total. The fourth-order valence-corrected chi connectivity index (χ4v) is 4.08. The third kappa shape index (κ3) is 3.35. The Morgan fingerprint density at radius 2 is 2.00 bits per heavy atom. The van der Waals surface area contributed by atoms with Crippen LogP contribution in [0.15, 0.2) is 24.3 Å². The van der Waals surface area contributed by atoms with Crippen molar-refractivity contribution in [2.24, 2.45) is 0 Å². The molecule has 0 radical (unpaired) electrons. The Morgan fingerprint density at radius 1 is 1.19 bits per heavy atom. The van der Waals surface area contributed by atoms with Crippen LogP contribution in [0.3, 0.4) is 0 Å². The molecule has 1 aromatic heterocycles. The van der Waals surface area contributed by atoms with Gasteiger partial charge < -0.3 is 0 Å². The van der Waals surface area contributed by atoms with Crippen LogP contribution in [-0.2, 0) is 19.3 Å². The van der Waals surface area contributed by atoms with E-state index >= 15 is 0 Å². The minimum Gasteiger partial charge on any atom is -0.293 e. The second-order valence-corrected chi connectivity index (χ2v) is 7.03. The molecular weight excluding hydrogens is 307 g/mol. The molecular formula is C17H16ClFOS. The van der Waals surface area contributed by atoms with Gasteiger partial charge in [-0.25, -0.2) is 4.39 Å². The highest BCUT2D eigenvalue weighted by Gasteiger charge is 2.17. The normalized spacial score (nSPS) is 14.6. The molecule has 0 unspecified atom stereocenters. The van der Waals surface area contributed by atoms with Crippen LogP contribution < -0.4 is 0 Å². The summed E-state index contributed by atoms with van der Waals surface area (Å²) >= 11 is 7.32. The number of aryl methyl sites for hydroxylation is 2. The van der Waals surface area contributed by atoms with E-state index in [1.807, 2.05) is 6.07 Å². The van der Waals surface area contributed by atoms with Crippen molar-refractivity contribution in [3.05, 3.63) is 56.0 Å². The van der Waals surface area contributed by atoms with Crippen molar-refractivity contribution >= 4 is 28.7 Å². The topological polar surface area (TPSA) is 17.1 Å². The van der Waals surface area contributed by atoms with Gasteiger partial charge in [0, 0.05) is 16.3 Å². The van der Waals surface area contributed by atoms with Crippen LogP contribution in [0.25, 0.3) is 0 Å². The molecule has 3 rings (SSSR count). The van der Waals surface area contributed by atoms with E-state index in [-0.39, 0.29) is 12.2 Å². The third-order valence-electron chi connectivity index (χ3n) is 3.89. The van der Waals surface area contributed by atoms with Crippen molar-refractivity contribution in [1.82, 2.24) is 0 Å². The van der Waals surface area contributed by atoms with E-state index < -0.39 is 5.82 Å². The molecule has 0 N–H and O–H groups in total. The smallest absolute Gasteiger partial charge is 0.177 e. The molecule has 4 heteroatoms. The zero-order valence-corrected chi connectivity index (χ0v) is 13.2. The molecule has 21 heavy (non-hydrogen) atoms. The summed E-state index contributed by atoms with van der Waals surface area (Å²) in [6.45, 7) is 0. The predicted octanol–water partition coefficient (Wildman–Crippen LogP) is 5.23. The van der Waals surface area contributed by atoms with Gasteiger partial charge in [0.2, 0.25) is 0 Å². The lowest BCUT2D eigenvalue weighted by Gasteiger charge is -2.02. The number of benzene rings is 1. The average molecular weight is 323 g/mol. The Kier molecular flexibility index (Phi) is 4.41. The number of halogens is 2. The molecule has 0 atom stereocenters. The van der Waals surface area contributed by atoms with Gasteiger partial charge in [-0.05, 0) is 55.0 Å². The number of carbonyl (C=O) groups is 1. The first-order valence-electron chi connectivity index (χ1n) is 7.22. The first kappa shape index (κ1) is 14.7. The Morgan fingerprint density at radius 3 is 2.81 bits per heavy atom. The molecule has 0 saturated heterocycles. The van der Waals surface area contributed by atoms with Crippen LogP contribution in [0.1, 0.15) is 44.9 Å². The minimum atomic E-state index is -0.408. The van der Waals surface area contributed by atoms with Crippen molar-refractivity contribution in [2.45, 2.75) is 38.5 Å². The Hall–Kier alpha value is -1.19. The number of thiophene rings is 1. The second kappa shape index (κ2) is 6.29. The number of hydrogen-bond acceptors (Lipinski definition) is 2. The van der Waals surface area contributed by atoms with E-state index in [0.29, 0.717) is 10.6 Å². The highest BCUT2D eigenvalue weighted by atomic mass is 35.5. The fraction of sp³-hybridized carbons (Fsp3) is 0.353. The molecule has 1 aliphatic rings. The van der Waals surface area contributed by atoms with Crippen LogP contribution in [0.5, 0.6) is 0 Å². The van der Waals surface area contributed by atoms with Crippen LogP contribution in [0.2, 0.25) is 5.02 Å². The second-order valence-electron chi connectivity index (χ2n) is 5.46. The summed E-state index contributed by atoms with van der Waals surface area (Å²) < 4.78 is 13.8. The summed E-state index contributed by atoms with van der Waals surface area (Å²) in [5, 5.41) is 0.353. The van der Waals surface area contributed by atoms with Crippen LogP contribution in [0.4, 0.5) is 4.39 Å². The van der Waals surface area contributed by atoms with E-state index in [4.69, 9.17) is 11.6 Å². The number of ketones is 1.